The number of benzene rings is 1. The van der Waals surface area contributed by atoms with Crippen LogP contribution in [0.3, 0.4) is 0 Å². The van der Waals surface area contributed by atoms with E-state index in [1.807, 2.05) is 0 Å². The first-order valence-electron chi connectivity index (χ1n) is 6.32. The number of hydrogen-bond acceptors (Lipinski definition) is 2. The van der Waals surface area contributed by atoms with E-state index >= 15 is 0 Å². The summed E-state index contributed by atoms with van der Waals surface area (Å²) in [4.78, 5) is 12.8. The molecule has 1 fully saturated rings. The van der Waals surface area contributed by atoms with Crippen LogP contribution in [0.25, 0.3) is 0 Å². The summed E-state index contributed by atoms with van der Waals surface area (Å²) in [6.45, 7) is -0.846. The number of anilines is 1. The SMILES string of the molecule is NCc1ccc(NC(=O)N(CC(F)(F)F)C2CC2)cc1. The fourth-order valence-corrected chi connectivity index (χ4v) is 1.87. The highest BCUT2D eigenvalue weighted by Gasteiger charge is 2.40. The Bertz CT molecular complexity index is 469. The minimum absolute atomic E-state index is 0.306. The summed E-state index contributed by atoms with van der Waals surface area (Å²) in [6, 6.07) is 5.67. The molecule has 0 radical (unpaired) electrons. The average Bonchev–Trinajstić information content (AvgIpc) is 3.20. The van der Waals surface area contributed by atoms with Crippen LogP contribution in [0, 0.1) is 0 Å². The van der Waals surface area contributed by atoms with Crippen molar-refractivity contribution in [3.8, 4) is 0 Å². The molecule has 2 amide bonds. The maximum absolute atomic E-state index is 12.5. The van der Waals surface area contributed by atoms with Gasteiger partial charge in [0, 0.05) is 18.3 Å². The predicted molar refractivity (Wildman–Crippen MR) is 69.1 cm³/mol. The molecule has 1 saturated carbocycles. The molecule has 7 heteroatoms. The molecular weight excluding hydrogens is 271 g/mol. The second-order valence-corrected chi connectivity index (χ2v) is 4.81. The van der Waals surface area contributed by atoms with Gasteiger partial charge >= 0.3 is 12.2 Å². The molecule has 4 nitrogen and oxygen atoms in total. The van der Waals surface area contributed by atoms with Crippen molar-refractivity contribution in [1.29, 1.82) is 0 Å². The molecule has 1 aromatic carbocycles. The summed E-state index contributed by atoms with van der Waals surface area (Å²) in [5.74, 6) is 0. The minimum atomic E-state index is -4.39. The Hall–Kier alpha value is -1.76. The standard InChI is InChI=1S/C13H16F3N3O/c14-13(15,16)8-19(11-5-6-11)12(20)18-10-3-1-9(7-17)2-4-10/h1-4,11H,5-8,17H2,(H,18,20). The van der Waals surface area contributed by atoms with Crippen LogP contribution in [0.5, 0.6) is 0 Å². The van der Waals surface area contributed by atoms with Gasteiger partial charge in [0.1, 0.15) is 6.54 Å². The van der Waals surface area contributed by atoms with E-state index in [2.05, 4.69) is 5.32 Å². The summed E-state index contributed by atoms with van der Waals surface area (Å²) in [6.07, 6.45) is -3.14. The molecule has 0 bridgehead atoms. The van der Waals surface area contributed by atoms with E-state index in [1.165, 1.54) is 0 Å². The molecule has 1 aliphatic rings. The van der Waals surface area contributed by atoms with Gasteiger partial charge in [0.15, 0.2) is 0 Å². The van der Waals surface area contributed by atoms with E-state index in [0.29, 0.717) is 25.1 Å². The Labute approximate surface area is 114 Å². The van der Waals surface area contributed by atoms with E-state index in [-0.39, 0.29) is 6.04 Å². The van der Waals surface area contributed by atoms with Crippen LogP contribution in [0.1, 0.15) is 18.4 Å². The van der Waals surface area contributed by atoms with Crippen LogP contribution >= 0.6 is 0 Å². The number of carbonyl (C=O) groups is 1. The zero-order valence-corrected chi connectivity index (χ0v) is 10.8. The van der Waals surface area contributed by atoms with Crippen molar-refractivity contribution < 1.29 is 18.0 Å². The first kappa shape index (κ1) is 14.6. The normalized spacial score (nSPS) is 15.0. The summed E-state index contributed by atoms with van der Waals surface area (Å²) in [5, 5.41) is 2.48. The smallest absolute Gasteiger partial charge is 0.326 e. The largest absolute Gasteiger partial charge is 0.406 e. The number of nitrogens with zero attached hydrogens (tertiary/aromatic N) is 1. The van der Waals surface area contributed by atoms with Gasteiger partial charge in [-0.1, -0.05) is 12.1 Å². The van der Waals surface area contributed by atoms with Gasteiger partial charge in [-0.2, -0.15) is 13.2 Å². The molecule has 1 aromatic rings. The lowest BCUT2D eigenvalue weighted by atomic mass is 10.2. The molecule has 0 spiro atoms. The lowest BCUT2D eigenvalue weighted by molar-refractivity contribution is -0.140. The predicted octanol–water partition coefficient (Wildman–Crippen LogP) is 2.70. The highest BCUT2D eigenvalue weighted by atomic mass is 19.4. The summed E-state index contributed by atoms with van der Waals surface area (Å²) < 4.78 is 37.4. The van der Waals surface area contributed by atoms with E-state index in [9.17, 15) is 18.0 Å². The maximum Gasteiger partial charge on any atom is 0.406 e. The number of carbonyl (C=O) groups excluding carboxylic acids is 1. The van der Waals surface area contributed by atoms with Crippen LogP contribution in [-0.4, -0.2) is 29.7 Å². The van der Waals surface area contributed by atoms with Crippen molar-refractivity contribution >= 4 is 11.7 Å². The minimum Gasteiger partial charge on any atom is -0.326 e. The molecular formula is C13H16F3N3O. The van der Waals surface area contributed by atoms with Gasteiger partial charge in [0.25, 0.3) is 0 Å². The number of nitrogens with one attached hydrogen (secondary N) is 1. The van der Waals surface area contributed by atoms with Crippen molar-refractivity contribution in [3.05, 3.63) is 29.8 Å². The highest BCUT2D eigenvalue weighted by molar-refractivity contribution is 5.89. The van der Waals surface area contributed by atoms with Crippen molar-refractivity contribution in [2.45, 2.75) is 31.6 Å². The van der Waals surface area contributed by atoms with Crippen LogP contribution in [0.4, 0.5) is 23.7 Å². The first-order valence-corrected chi connectivity index (χ1v) is 6.32. The third-order valence-corrected chi connectivity index (χ3v) is 3.04. The molecule has 0 aliphatic heterocycles. The zero-order valence-electron chi connectivity index (χ0n) is 10.8. The molecule has 0 saturated heterocycles. The lowest BCUT2D eigenvalue weighted by Gasteiger charge is -2.24. The molecule has 0 unspecified atom stereocenters. The molecule has 110 valence electrons. The zero-order chi connectivity index (χ0) is 14.8. The van der Waals surface area contributed by atoms with Gasteiger partial charge in [-0.15, -0.1) is 0 Å². The Morgan fingerprint density at radius 2 is 1.90 bits per heavy atom. The molecule has 3 N–H and O–H groups in total. The van der Waals surface area contributed by atoms with Gasteiger partial charge in [0.05, 0.1) is 0 Å². The Morgan fingerprint density at radius 3 is 2.35 bits per heavy atom. The van der Waals surface area contributed by atoms with Crippen molar-refractivity contribution in [1.82, 2.24) is 4.90 Å². The first-order chi connectivity index (χ1) is 9.39. The average molecular weight is 287 g/mol. The molecule has 20 heavy (non-hydrogen) atoms. The summed E-state index contributed by atoms with van der Waals surface area (Å²) >= 11 is 0. The van der Waals surface area contributed by atoms with E-state index in [4.69, 9.17) is 5.73 Å². The molecule has 0 atom stereocenters. The van der Waals surface area contributed by atoms with Gasteiger partial charge < -0.3 is 16.0 Å². The van der Waals surface area contributed by atoms with Gasteiger partial charge in [-0.3, -0.25) is 0 Å². The number of alkyl halides is 3. The number of rotatable bonds is 4. The molecule has 0 heterocycles. The summed E-state index contributed by atoms with van der Waals surface area (Å²) in [7, 11) is 0. The third-order valence-electron chi connectivity index (χ3n) is 3.04. The van der Waals surface area contributed by atoms with Crippen LogP contribution in [-0.2, 0) is 6.54 Å². The fraction of sp³-hybridized carbons (Fsp3) is 0.462. The van der Waals surface area contributed by atoms with Crippen molar-refractivity contribution in [3.63, 3.8) is 0 Å². The van der Waals surface area contributed by atoms with Gasteiger partial charge in [-0.25, -0.2) is 4.79 Å². The van der Waals surface area contributed by atoms with E-state index < -0.39 is 18.8 Å². The lowest BCUT2D eigenvalue weighted by Crippen LogP contribution is -2.42. The Kier molecular flexibility index (Phi) is 4.17. The molecule has 2 rings (SSSR count). The second-order valence-electron chi connectivity index (χ2n) is 4.81. The van der Waals surface area contributed by atoms with Gasteiger partial charge in [-0.05, 0) is 30.5 Å². The monoisotopic (exact) mass is 287 g/mol. The Morgan fingerprint density at radius 1 is 1.30 bits per heavy atom. The number of amides is 2. The highest BCUT2D eigenvalue weighted by Crippen LogP contribution is 2.30. The number of halogens is 3. The number of nitrogens with two attached hydrogens (primary N) is 1. The quantitative estimate of drug-likeness (QED) is 0.894. The maximum atomic E-state index is 12.5. The van der Waals surface area contributed by atoms with Crippen LogP contribution in [0.15, 0.2) is 24.3 Å². The van der Waals surface area contributed by atoms with Gasteiger partial charge in [0.2, 0.25) is 0 Å². The number of urea groups is 1. The topological polar surface area (TPSA) is 58.4 Å². The second kappa shape index (κ2) is 5.70. The third kappa shape index (κ3) is 4.12. The number of hydrogen-bond donors (Lipinski definition) is 2. The van der Waals surface area contributed by atoms with E-state index in [1.54, 1.807) is 24.3 Å². The van der Waals surface area contributed by atoms with Crippen LogP contribution in [0.2, 0.25) is 0 Å². The van der Waals surface area contributed by atoms with Crippen molar-refractivity contribution in [2.75, 3.05) is 11.9 Å². The molecule has 0 aromatic heterocycles. The van der Waals surface area contributed by atoms with Crippen LogP contribution < -0.4 is 11.1 Å². The fourth-order valence-electron chi connectivity index (χ4n) is 1.87. The Balaban J connectivity index is 2.00. The van der Waals surface area contributed by atoms with E-state index in [0.717, 1.165) is 10.5 Å². The molecule has 1 aliphatic carbocycles. The summed E-state index contributed by atoms with van der Waals surface area (Å²) in [5.41, 5.74) is 6.79. The van der Waals surface area contributed by atoms with Crippen molar-refractivity contribution in [2.24, 2.45) is 5.73 Å².